The van der Waals surface area contributed by atoms with E-state index in [1.165, 1.54) is 19.3 Å². The third-order valence-electron chi connectivity index (χ3n) is 3.41. The van der Waals surface area contributed by atoms with E-state index in [1.54, 1.807) is 18.2 Å². The van der Waals surface area contributed by atoms with E-state index in [0.29, 0.717) is 18.1 Å². The summed E-state index contributed by atoms with van der Waals surface area (Å²) in [5.41, 5.74) is 0. The van der Waals surface area contributed by atoms with Crippen molar-refractivity contribution in [3.63, 3.8) is 0 Å². The number of hydrogen-bond acceptors (Lipinski definition) is 4. The molecule has 1 aromatic carbocycles. The third-order valence-corrected chi connectivity index (χ3v) is 4.21. The maximum atomic E-state index is 11.7. The van der Waals surface area contributed by atoms with Gasteiger partial charge in [-0.15, -0.1) is 0 Å². The Bertz CT molecular complexity index is 532. The maximum absolute atomic E-state index is 11.7. The summed E-state index contributed by atoms with van der Waals surface area (Å²) in [5, 5.41) is 0.527. The van der Waals surface area contributed by atoms with Gasteiger partial charge in [0.05, 0.1) is 11.6 Å². The number of benzene rings is 1. The molecule has 0 aliphatic heterocycles. The molecule has 0 unspecified atom stereocenters. The highest BCUT2D eigenvalue weighted by atomic mass is 35.5. The van der Waals surface area contributed by atoms with E-state index >= 15 is 0 Å². The maximum Gasteiger partial charge on any atom is 0.311 e. The number of ether oxygens (including phenoxy) is 2. The highest BCUT2D eigenvalue weighted by molar-refractivity contribution is 6.43. The van der Waals surface area contributed by atoms with Crippen LogP contribution in [-0.2, 0) is 14.3 Å². The smallest absolute Gasteiger partial charge is 0.311 e. The molecule has 0 spiro atoms. The topological polar surface area (TPSA) is 52.6 Å². The second kappa shape index (κ2) is 12.2. The van der Waals surface area contributed by atoms with Gasteiger partial charge in [0.15, 0.2) is 5.75 Å². The fourth-order valence-electron chi connectivity index (χ4n) is 2.08. The summed E-state index contributed by atoms with van der Waals surface area (Å²) < 4.78 is 10.3. The van der Waals surface area contributed by atoms with Crippen molar-refractivity contribution in [1.82, 2.24) is 0 Å². The van der Waals surface area contributed by atoms with Crippen molar-refractivity contribution in [3.8, 4) is 5.75 Å². The highest BCUT2D eigenvalue weighted by Crippen LogP contribution is 2.31. The first-order valence-corrected chi connectivity index (χ1v) is 9.10. The Morgan fingerprint density at radius 3 is 2.42 bits per heavy atom. The summed E-state index contributed by atoms with van der Waals surface area (Å²) in [6.45, 7) is 2.61. The van der Waals surface area contributed by atoms with Crippen molar-refractivity contribution in [3.05, 3.63) is 28.2 Å². The molecule has 0 aliphatic carbocycles. The molecule has 24 heavy (non-hydrogen) atoms. The molecule has 1 rings (SSSR count). The van der Waals surface area contributed by atoms with E-state index in [1.807, 2.05) is 0 Å². The molecular formula is C18H24Cl2O4. The van der Waals surface area contributed by atoms with Crippen LogP contribution in [0.25, 0.3) is 0 Å². The lowest BCUT2D eigenvalue weighted by Gasteiger charge is -2.07. The average Bonchev–Trinajstić information content (AvgIpc) is 2.55. The molecule has 0 fully saturated rings. The summed E-state index contributed by atoms with van der Waals surface area (Å²) in [6.07, 6.45) is 6.25. The van der Waals surface area contributed by atoms with Crippen molar-refractivity contribution in [2.75, 3.05) is 6.61 Å². The van der Waals surface area contributed by atoms with Gasteiger partial charge in [0.25, 0.3) is 0 Å². The summed E-state index contributed by atoms with van der Waals surface area (Å²) in [7, 11) is 0. The molecule has 0 radical (unpaired) electrons. The molecule has 1 aromatic rings. The molecule has 0 aliphatic rings. The summed E-state index contributed by atoms with van der Waals surface area (Å²) in [6, 6.07) is 4.83. The van der Waals surface area contributed by atoms with Crippen LogP contribution in [0.2, 0.25) is 10.0 Å². The number of halogens is 2. The van der Waals surface area contributed by atoms with Crippen molar-refractivity contribution >= 4 is 35.1 Å². The van der Waals surface area contributed by atoms with Gasteiger partial charge in [-0.05, 0) is 25.0 Å². The van der Waals surface area contributed by atoms with Crippen LogP contribution in [0.15, 0.2) is 18.2 Å². The standard InChI is InChI=1S/C18H24Cl2O4/c1-2-3-4-5-6-13-23-16(21)11-8-12-17(22)24-15-10-7-9-14(19)18(15)20/h7,9-10H,2-6,8,11-13H2,1H3. The van der Waals surface area contributed by atoms with E-state index in [4.69, 9.17) is 32.7 Å². The van der Waals surface area contributed by atoms with Crippen LogP contribution in [0.4, 0.5) is 0 Å². The van der Waals surface area contributed by atoms with E-state index in [0.717, 1.165) is 12.8 Å². The van der Waals surface area contributed by atoms with Gasteiger partial charge in [-0.2, -0.15) is 0 Å². The minimum atomic E-state index is -0.452. The van der Waals surface area contributed by atoms with Crippen LogP contribution in [0.5, 0.6) is 5.75 Å². The molecule has 0 N–H and O–H groups in total. The van der Waals surface area contributed by atoms with E-state index in [2.05, 4.69) is 6.92 Å². The second-order valence-electron chi connectivity index (χ2n) is 5.51. The third kappa shape index (κ3) is 8.55. The Balaban J connectivity index is 2.14. The van der Waals surface area contributed by atoms with Crippen LogP contribution in [0.3, 0.4) is 0 Å². The fraction of sp³-hybridized carbons (Fsp3) is 0.556. The van der Waals surface area contributed by atoms with E-state index < -0.39 is 5.97 Å². The lowest BCUT2D eigenvalue weighted by molar-refractivity contribution is -0.144. The fourth-order valence-corrected chi connectivity index (χ4v) is 2.41. The van der Waals surface area contributed by atoms with Gasteiger partial charge in [-0.1, -0.05) is 61.9 Å². The van der Waals surface area contributed by atoms with Gasteiger partial charge in [0, 0.05) is 12.8 Å². The Morgan fingerprint density at radius 1 is 0.958 bits per heavy atom. The Kier molecular flexibility index (Phi) is 10.5. The molecule has 0 saturated heterocycles. The lowest BCUT2D eigenvalue weighted by Crippen LogP contribution is -2.10. The van der Waals surface area contributed by atoms with Gasteiger partial charge in [0.1, 0.15) is 5.02 Å². The first-order chi connectivity index (χ1) is 11.5. The normalized spacial score (nSPS) is 10.5. The Hall–Kier alpha value is -1.26. The summed E-state index contributed by atoms with van der Waals surface area (Å²) >= 11 is 11.8. The second-order valence-corrected chi connectivity index (χ2v) is 6.30. The number of carbonyl (C=O) groups excluding carboxylic acids is 2. The van der Waals surface area contributed by atoms with Crippen molar-refractivity contribution in [2.24, 2.45) is 0 Å². The van der Waals surface area contributed by atoms with Gasteiger partial charge < -0.3 is 9.47 Å². The average molecular weight is 375 g/mol. The lowest BCUT2D eigenvalue weighted by atomic mass is 10.2. The van der Waals surface area contributed by atoms with Gasteiger partial charge in [-0.3, -0.25) is 9.59 Å². The molecule has 0 amide bonds. The molecule has 0 aromatic heterocycles. The molecule has 0 saturated carbocycles. The highest BCUT2D eigenvalue weighted by Gasteiger charge is 2.11. The summed E-state index contributed by atoms with van der Waals surface area (Å²) in [4.78, 5) is 23.3. The van der Waals surface area contributed by atoms with E-state index in [9.17, 15) is 9.59 Å². The number of rotatable bonds is 11. The Morgan fingerprint density at radius 2 is 1.67 bits per heavy atom. The van der Waals surface area contributed by atoms with Crippen LogP contribution in [-0.4, -0.2) is 18.5 Å². The SMILES string of the molecule is CCCCCCCOC(=O)CCCC(=O)Oc1cccc(Cl)c1Cl. The molecule has 0 atom stereocenters. The zero-order chi connectivity index (χ0) is 17.8. The van der Waals surface area contributed by atoms with Crippen molar-refractivity contribution < 1.29 is 19.1 Å². The predicted octanol–water partition coefficient (Wildman–Crippen LogP) is 5.58. The van der Waals surface area contributed by atoms with Crippen LogP contribution in [0, 0.1) is 0 Å². The number of hydrogen-bond donors (Lipinski definition) is 0. The van der Waals surface area contributed by atoms with Gasteiger partial charge in [-0.25, -0.2) is 0 Å². The minimum Gasteiger partial charge on any atom is -0.466 e. The largest absolute Gasteiger partial charge is 0.466 e. The zero-order valence-corrected chi connectivity index (χ0v) is 15.5. The first-order valence-electron chi connectivity index (χ1n) is 8.35. The minimum absolute atomic E-state index is 0.119. The van der Waals surface area contributed by atoms with Gasteiger partial charge in [0.2, 0.25) is 0 Å². The van der Waals surface area contributed by atoms with Crippen molar-refractivity contribution in [1.29, 1.82) is 0 Å². The van der Waals surface area contributed by atoms with Crippen molar-refractivity contribution in [2.45, 2.75) is 58.3 Å². The molecule has 0 heterocycles. The Labute approximate surface area is 153 Å². The number of carbonyl (C=O) groups is 2. The molecular weight excluding hydrogens is 351 g/mol. The molecule has 0 bridgehead atoms. The van der Waals surface area contributed by atoms with Crippen LogP contribution in [0.1, 0.15) is 58.3 Å². The van der Waals surface area contributed by atoms with Crippen LogP contribution < -0.4 is 4.74 Å². The molecule has 134 valence electrons. The quantitative estimate of drug-likeness (QED) is 0.288. The first kappa shape index (κ1) is 20.8. The molecule has 6 heteroatoms. The number of unbranched alkanes of at least 4 members (excludes halogenated alkanes) is 4. The molecule has 4 nitrogen and oxygen atoms in total. The summed E-state index contributed by atoms with van der Waals surface area (Å²) in [5.74, 6) is -0.505. The predicted molar refractivity (Wildman–Crippen MR) is 95.7 cm³/mol. The van der Waals surface area contributed by atoms with Gasteiger partial charge >= 0.3 is 11.9 Å². The zero-order valence-electron chi connectivity index (χ0n) is 14.0. The number of esters is 2. The van der Waals surface area contributed by atoms with E-state index in [-0.39, 0.29) is 29.6 Å². The monoisotopic (exact) mass is 374 g/mol. The van der Waals surface area contributed by atoms with Crippen LogP contribution >= 0.6 is 23.2 Å².